The minimum atomic E-state index is -0.505. The molecule has 0 spiro atoms. The molecular weight excluding hydrogens is 346 g/mol. The predicted molar refractivity (Wildman–Crippen MR) is 98.7 cm³/mol. The summed E-state index contributed by atoms with van der Waals surface area (Å²) >= 11 is 1.46. The van der Waals surface area contributed by atoms with Gasteiger partial charge in [-0.25, -0.2) is 4.98 Å². The second kappa shape index (κ2) is 6.93. The topological polar surface area (TPSA) is 65.9 Å². The molecule has 5 nitrogen and oxygen atoms in total. The number of thiazole rings is 1. The molecule has 0 aliphatic carbocycles. The molecule has 0 radical (unpaired) electrons. The van der Waals surface area contributed by atoms with Gasteiger partial charge in [0, 0.05) is 17.5 Å². The van der Waals surface area contributed by atoms with E-state index < -0.39 is 5.95 Å². The average Bonchev–Trinajstić information content (AvgIpc) is 3.28. The SMILES string of the molecule is Cc1ccc(-[n+]2noc([O-])c2-c2csc(/C=C/c3ccccc3)n2)cc1. The number of hydrogen-bond donors (Lipinski definition) is 0. The summed E-state index contributed by atoms with van der Waals surface area (Å²) in [5.41, 5.74) is 3.85. The molecule has 0 aliphatic heterocycles. The molecule has 0 aliphatic rings. The van der Waals surface area contributed by atoms with Gasteiger partial charge < -0.3 is 9.63 Å². The molecule has 2 aromatic heterocycles. The Bertz CT molecular complexity index is 1050. The van der Waals surface area contributed by atoms with E-state index >= 15 is 0 Å². The molecule has 4 rings (SSSR count). The summed E-state index contributed by atoms with van der Waals surface area (Å²) in [7, 11) is 0. The Morgan fingerprint density at radius 2 is 1.81 bits per heavy atom. The van der Waals surface area contributed by atoms with Crippen LogP contribution in [0.25, 0.3) is 29.2 Å². The lowest BCUT2D eigenvalue weighted by Gasteiger charge is -1.95. The minimum absolute atomic E-state index is 0.324. The molecule has 0 saturated carbocycles. The molecule has 0 bridgehead atoms. The van der Waals surface area contributed by atoms with Crippen LogP contribution in [-0.2, 0) is 0 Å². The highest BCUT2D eigenvalue weighted by Crippen LogP contribution is 2.26. The zero-order valence-corrected chi connectivity index (χ0v) is 14.8. The van der Waals surface area contributed by atoms with Crippen molar-refractivity contribution in [2.24, 2.45) is 0 Å². The van der Waals surface area contributed by atoms with Crippen molar-refractivity contribution in [3.05, 3.63) is 76.1 Å². The van der Waals surface area contributed by atoms with E-state index in [9.17, 15) is 5.11 Å². The van der Waals surface area contributed by atoms with Crippen LogP contribution in [0.1, 0.15) is 16.1 Å². The van der Waals surface area contributed by atoms with Gasteiger partial charge in [0.2, 0.25) is 5.69 Å². The van der Waals surface area contributed by atoms with Gasteiger partial charge in [-0.05, 0) is 23.2 Å². The van der Waals surface area contributed by atoms with Gasteiger partial charge in [-0.1, -0.05) is 54.1 Å². The Balaban J connectivity index is 1.67. The van der Waals surface area contributed by atoms with Crippen molar-refractivity contribution in [2.45, 2.75) is 6.92 Å². The Morgan fingerprint density at radius 1 is 1.04 bits per heavy atom. The first-order valence-corrected chi connectivity index (χ1v) is 8.94. The molecule has 0 amide bonds. The quantitative estimate of drug-likeness (QED) is 0.521. The zero-order chi connectivity index (χ0) is 17.9. The first-order valence-electron chi connectivity index (χ1n) is 8.06. The van der Waals surface area contributed by atoms with Crippen LogP contribution in [0.15, 0.2) is 64.5 Å². The molecule has 0 fully saturated rings. The maximum Gasteiger partial charge on any atom is 0.289 e. The number of rotatable bonds is 4. The van der Waals surface area contributed by atoms with Gasteiger partial charge in [-0.3, -0.25) is 0 Å². The third-order valence-electron chi connectivity index (χ3n) is 3.87. The summed E-state index contributed by atoms with van der Waals surface area (Å²) in [6, 6.07) is 17.7. The van der Waals surface area contributed by atoms with E-state index in [1.54, 1.807) is 0 Å². The maximum atomic E-state index is 12.2. The summed E-state index contributed by atoms with van der Waals surface area (Å²) in [5.74, 6) is -0.505. The third-order valence-corrected chi connectivity index (χ3v) is 4.68. The van der Waals surface area contributed by atoms with Crippen LogP contribution in [0.4, 0.5) is 0 Å². The number of aromatic nitrogens is 3. The summed E-state index contributed by atoms with van der Waals surface area (Å²) in [4.78, 5) is 4.54. The Hall–Kier alpha value is -3.25. The predicted octanol–water partition coefficient (Wildman–Crippen LogP) is 3.63. The highest BCUT2D eigenvalue weighted by Gasteiger charge is 2.24. The van der Waals surface area contributed by atoms with E-state index in [1.807, 2.05) is 79.1 Å². The molecule has 0 N–H and O–H groups in total. The Labute approximate surface area is 154 Å². The van der Waals surface area contributed by atoms with Crippen LogP contribution in [0, 0.1) is 6.92 Å². The molecule has 2 aromatic carbocycles. The van der Waals surface area contributed by atoms with Gasteiger partial charge in [0.1, 0.15) is 5.01 Å². The Kier molecular flexibility index (Phi) is 4.33. The lowest BCUT2D eigenvalue weighted by Crippen LogP contribution is -2.34. The van der Waals surface area contributed by atoms with Crippen molar-refractivity contribution < 1.29 is 14.3 Å². The molecule has 26 heavy (non-hydrogen) atoms. The lowest BCUT2D eigenvalue weighted by atomic mass is 10.2. The van der Waals surface area contributed by atoms with E-state index in [1.165, 1.54) is 16.0 Å². The number of benzene rings is 2. The summed E-state index contributed by atoms with van der Waals surface area (Å²) in [6.07, 6.45) is 3.92. The van der Waals surface area contributed by atoms with Gasteiger partial charge in [0.25, 0.3) is 5.69 Å². The van der Waals surface area contributed by atoms with Gasteiger partial charge >= 0.3 is 0 Å². The fraction of sp³-hybridized carbons (Fsp3) is 0.0500. The van der Waals surface area contributed by atoms with E-state index in [0.717, 1.165) is 21.8 Å². The van der Waals surface area contributed by atoms with Crippen LogP contribution >= 0.6 is 11.3 Å². The van der Waals surface area contributed by atoms with Crippen molar-refractivity contribution in [2.75, 3.05) is 0 Å². The highest BCUT2D eigenvalue weighted by atomic mass is 32.1. The third kappa shape index (κ3) is 3.27. The number of aryl methyl sites for hydroxylation is 1. The Morgan fingerprint density at radius 3 is 2.58 bits per heavy atom. The highest BCUT2D eigenvalue weighted by molar-refractivity contribution is 7.10. The lowest BCUT2D eigenvalue weighted by molar-refractivity contribution is -0.660. The van der Waals surface area contributed by atoms with Crippen LogP contribution in [0.3, 0.4) is 0 Å². The van der Waals surface area contributed by atoms with Crippen LogP contribution < -0.4 is 9.79 Å². The van der Waals surface area contributed by atoms with Crippen LogP contribution in [0.5, 0.6) is 5.95 Å². The molecular formula is C20H15N3O2S. The van der Waals surface area contributed by atoms with Gasteiger partial charge in [-0.15, -0.1) is 11.3 Å². The van der Waals surface area contributed by atoms with Gasteiger partial charge in [0.15, 0.2) is 11.6 Å². The molecule has 2 heterocycles. The number of nitrogens with zero attached hydrogens (tertiary/aromatic N) is 3. The van der Waals surface area contributed by atoms with Gasteiger partial charge in [-0.2, -0.15) is 0 Å². The summed E-state index contributed by atoms with van der Waals surface area (Å²) in [6.45, 7) is 2.00. The smallest absolute Gasteiger partial charge is 0.289 e. The standard InChI is InChI=1S/C20H15N3O2S/c1-14-7-10-16(11-8-14)23-19(20(24)25-22-23)17-13-26-18(21-17)12-9-15-5-3-2-4-6-15/h2-13H,1H3/b12-9+. The fourth-order valence-corrected chi connectivity index (χ4v) is 3.22. The van der Waals surface area contributed by atoms with Crippen molar-refractivity contribution in [1.29, 1.82) is 0 Å². The first kappa shape index (κ1) is 16.2. The maximum absolute atomic E-state index is 12.2. The normalized spacial score (nSPS) is 11.3. The summed E-state index contributed by atoms with van der Waals surface area (Å²) < 4.78 is 6.36. The second-order valence-corrected chi connectivity index (χ2v) is 6.66. The fourth-order valence-electron chi connectivity index (χ4n) is 2.53. The summed E-state index contributed by atoms with van der Waals surface area (Å²) in [5, 5.41) is 18.7. The first-order chi connectivity index (χ1) is 12.7. The number of hydrogen-bond acceptors (Lipinski definition) is 5. The van der Waals surface area contributed by atoms with Crippen molar-refractivity contribution in [3.63, 3.8) is 0 Å². The average molecular weight is 361 g/mol. The molecule has 128 valence electrons. The van der Waals surface area contributed by atoms with Crippen LogP contribution in [-0.4, -0.2) is 10.3 Å². The molecule has 0 saturated heterocycles. The molecule has 0 atom stereocenters. The van der Waals surface area contributed by atoms with E-state index in [2.05, 4.69) is 10.3 Å². The molecule has 4 aromatic rings. The van der Waals surface area contributed by atoms with Crippen molar-refractivity contribution in [1.82, 2.24) is 10.3 Å². The largest absolute Gasteiger partial charge is 0.539 e. The van der Waals surface area contributed by atoms with E-state index in [0.29, 0.717) is 11.4 Å². The van der Waals surface area contributed by atoms with Crippen LogP contribution in [0.2, 0.25) is 0 Å². The second-order valence-electron chi connectivity index (χ2n) is 5.77. The van der Waals surface area contributed by atoms with Crippen molar-refractivity contribution >= 4 is 23.5 Å². The van der Waals surface area contributed by atoms with Gasteiger partial charge in [0.05, 0.1) is 5.27 Å². The monoisotopic (exact) mass is 361 g/mol. The van der Waals surface area contributed by atoms with E-state index in [4.69, 9.17) is 4.52 Å². The zero-order valence-electron chi connectivity index (χ0n) is 14.0. The molecule has 0 unspecified atom stereocenters. The minimum Gasteiger partial charge on any atom is -0.539 e. The molecule has 6 heteroatoms. The van der Waals surface area contributed by atoms with E-state index in [-0.39, 0.29) is 0 Å². The van der Waals surface area contributed by atoms with Crippen molar-refractivity contribution in [3.8, 4) is 23.0 Å².